The quantitative estimate of drug-likeness (QED) is 0.499. The van der Waals surface area contributed by atoms with Crippen LogP contribution < -0.4 is 10.1 Å². The number of halogens is 1. The second-order valence-corrected chi connectivity index (χ2v) is 9.10. The van der Waals surface area contributed by atoms with E-state index < -0.39 is 6.04 Å². The Balaban J connectivity index is 1.73. The van der Waals surface area contributed by atoms with Crippen LogP contribution in [0.5, 0.6) is 5.75 Å². The third-order valence-corrected chi connectivity index (χ3v) is 6.40. The largest absolute Gasteiger partial charge is 0.490 e. The molecule has 1 aliphatic rings. The Morgan fingerprint density at radius 3 is 2.33 bits per heavy atom. The molecular weight excluding hydrogens is 455 g/mol. The third-order valence-electron chi connectivity index (χ3n) is 6.40. The molecular formula is C30H31FN2O3. The van der Waals surface area contributed by atoms with Gasteiger partial charge in [0, 0.05) is 19.9 Å². The Morgan fingerprint density at radius 1 is 0.917 bits per heavy atom. The summed E-state index contributed by atoms with van der Waals surface area (Å²) in [5.74, 6) is -0.408. The number of benzene rings is 3. The second-order valence-electron chi connectivity index (χ2n) is 9.10. The van der Waals surface area contributed by atoms with Gasteiger partial charge >= 0.3 is 0 Å². The van der Waals surface area contributed by atoms with E-state index in [-0.39, 0.29) is 29.8 Å². The van der Waals surface area contributed by atoms with Gasteiger partial charge in [-0.25, -0.2) is 4.39 Å². The normalized spacial score (nSPS) is 22.1. The molecule has 3 atom stereocenters. The molecule has 3 aromatic rings. The van der Waals surface area contributed by atoms with Crippen molar-refractivity contribution in [1.82, 2.24) is 10.2 Å². The number of para-hydroxylation sites is 1. The maximum atomic E-state index is 13.7. The fraction of sp³-hybridized carbons (Fsp3) is 0.267. The molecule has 0 saturated heterocycles. The first-order chi connectivity index (χ1) is 17.4. The summed E-state index contributed by atoms with van der Waals surface area (Å²) in [6.07, 6.45) is 5.38. The molecule has 5 nitrogen and oxygen atoms in total. The predicted molar refractivity (Wildman–Crippen MR) is 138 cm³/mol. The van der Waals surface area contributed by atoms with Crippen LogP contribution in [0.25, 0.3) is 0 Å². The molecule has 0 unspecified atom stereocenters. The van der Waals surface area contributed by atoms with Crippen LogP contribution in [0.3, 0.4) is 0 Å². The highest BCUT2D eigenvalue weighted by molar-refractivity contribution is 5.99. The molecule has 6 heteroatoms. The van der Waals surface area contributed by atoms with Gasteiger partial charge in [0.05, 0.1) is 17.7 Å². The van der Waals surface area contributed by atoms with Crippen LogP contribution in [0.2, 0.25) is 0 Å². The van der Waals surface area contributed by atoms with Crippen molar-refractivity contribution >= 4 is 11.8 Å². The molecule has 0 spiro atoms. The summed E-state index contributed by atoms with van der Waals surface area (Å²) in [5, 5.41) is 3.13. The average Bonchev–Trinajstić information content (AvgIpc) is 2.89. The number of carbonyl (C=O) groups excluding carboxylic acids is 2. The first-order valence-electron chi connectivity index (χ1n) is 12.2. The van der Waals surface area contributed by atoms with Crippen LogP contribution in [0.15, 0.2) is 91.0 Å². The zero-order chi connectivity index (χ0) is 25.5. The number of likely N-dealkylation sites (N-methyl/N-ethyl adjacent to an activating group) is 1. The van der Waals surface area contributed by atoms with Gasteiger partial charge in [-0.15, -0.1) is 0 Å². The monoisotopic (exact) mass is 486 g/mol. The van der Waals surface area contributed by atoms with Gasteiger partial charge in [0.1, 0.15) is 17.6 Å². The zero-order valence-corrected chi connectivity index (χ0v) is 20.6. The maximum absolute atomic E-state index is 13.7. The van der Waals surface area contributed by atoms with E-state index in [0.29, 0.717) is 30.6 Å². The minimum Gasteiger partial charge on any atom is -0.490 e. The van der Waals surface area contributed by atoms with Crippen LogP contribution in [0.1, 0.15) is 47.3 Å². The molecule has 186 valence electrons. The van der Waals surface area contributed by atoms with Crippen LogP contribution in [0, 0.1) is 5.82 Å². The van der Waals surface area contributed by atoms with Gasteiger partial charge < -0.3 is 15.0 Å². The molecule has 0 bridgehead atoms. The molecule has 4 rings (SSSR count). The summed E-state index contributed by atoms with van der Waals surface area (Å²) in [7, 11) is 1.65. The number of rotatable bonds is 3. The molecule has 0 saturated carbocycles. The van der Waals surface area contributed by atoms with Crippen molar-refractivity contribution in [2.24, 2.45) is 0 Å². The number of hydrogen-bond donors (Lipinski definition) is 1. The Labute approximate surface area is 211 Å². The van der Waals surface area contributed by atoms with Gasteiger partial charge in [0.25, 0.3) is 5.91 Å². The Kier molecular flexibility index (Phi) is 8.16. The van der Waals surface area contributed by atoms with Gasteiger partial charge in [-0.05, 0) is 48.7 Å². The van der Waals surface area contributed by atoms with Crippen molar-refractivity contribution in [3.05, 3.63) is 114 Å². The third kappa shape index (κ3) is 6.19. The summed E-state index contributed by atoms with van der Waals surface area (Å²) in [6, 6.07) is 21.8. The molecule has 0 radical (unpaired) electrons. The summed E-state index contributed by atoms with van der Waals surface area (Å²) < 4.78 is 19.7. The Bertz CT molecular complexity index is 1210. The van der Waals surface area contributed by atoms with E-state index in [1.54, 1.807) is 37.4 Å². The van der Waals surface area contributed by atoms with E-state index in [4.69, 9.17) is 4.74 Å². The number of nitrogens with zero attached hydrogens (tertiary/aromatic N) is 1. The van der Waals surface area contributed by atoms with Crippen molar-refractivity contribution in [3.63, 3.8) is 0 Å². The number of hydrogen-bond acceptors (Lipinski definition) is 3. The van der Waals surface area contributed by atoms with Crippen molar-refractivity contribution in [2.75, 3.05) is 7.05 Å². The van der Waals surface area contributed by atoms with Crippen LogP contribution >= 0.6 is 0 Å². The van der Waals surface area contributed by atoms with Gasteiger partial charge in [-0.1, -0.05) is 66.7 Å². The Morgan fingerprint density at radius 2 is 1.58 bits per heavy atom. The van der Waals surface area contributed by atoms with Crippen molar-refractivity contribution in [1.29, 1.82) is 0 Å². The fourth-order valence-corrected chi connectivity index (χ4v) is 4.35. The lowest BCUT2D eigenvalue weighted by atomic mass is 9.99. The van der Waals surface area contributed by atoms with E-state index in [9.17, 15) is 14.0 Å². The molecule has 0 aliphatic carbocycles. The van der Waals surface area contributed by atoms with Crippen molar-refractivity contribution in [2.45, 2.75) is 44.4 Å². The molecule has 0 fully saturated rings. The standard InChI is InChI=1S/C30H31FN2O3/c1-21-10-6-8-14-26(23-16-18-24(31)19-17-23)32-29(34)27(20-22-11-4-3-5-12-22)33(2)30(35)25-13-7-9-15-28(25)36-21/h3-9,11-13,15-19,21,26-27H,10,14,20H2,1-2H3,(H,32,34)/b8-6-/t21-,26-,27-/m0/s1. The minimum atomic E-state index is -0.764. The molecule has 2 amide bonds. The number of nitrogens with one attached hydrogen (secondary N) is 1. The van der Waals surface area contributed by atoms with E-state index in [0.717, 1.165) is 11.1 Å². The fourth-order valence-electron chi connectivity index (χ4n) is 4.35. The smallest absolute Gasteiger partial charge is 0.258 e. The summed E-state index contributed by atoms with van der Waals surface area (Å²) in [5.41, 5.74) is 2.15. The molecule has 1 N–H and O–H groups in total. The lowest BCUT2D eigenvalue weighted by Crippen LogP contribution is -2.49. The average molecular weight is 487 g/mol. The molecule has 3 aromatic carbocycles. The van der Waals surface area contributed by atoms with Gasteiger partial charge in [-0.2, -0.15) is 0 Å². The number of fused-ring (bicyclic) bond motifs is 1. The molecule has 36 heavy (non-hydrogen) atoms. The Hall–Kier alpha value is -3.93. The van der Waals surface area contributed by atoms with Gasteiger partial charge in [0.15, 0.2) is 0 Å². The highest BCUT2D eigenvalue weighted by Gasteiger charge is 2.31. The predicted octanol–water partition coefficient (Wildman–Crippen LogP) is 5.48. The van der Waals surface area contributed by atoms with Crippen LogP contribution in [0.4, 0.5) is 4.39 Å². The van der Waals surface area contributed by atoms with E-state index in [1.165, 1.54) is 17.0 Å². The number of carbonyl (C=O) groups is 2. The van der Waals surface area contributed by atoms with E-state index in [1.807, 2.05) is 55.5 Å². The van der Waals surface area contributed by atoms with Crippen LogP contribution in [-0.4, -0.2) is 35.9 Å². The maximum Gasteiger partial charge on any atom is 0.258 e. The van der Waals surface area contributed by atoms with E-state index in [2.05, 4.69) is 5.32 Å². The summed E-state index contributed by atoms with van der Waals surface area (Å²) in [6.45, 7) is 1.96. The second kappa shape index (κ2) is 11.7. The summed E-state index contributed by atoms with van der Waals surface area (Å²) >= 11 is 0. The van der Waals surface area contributed by atoms with Gasteiger partial charge in [0.2, 0.25) is 5.91 Å². The van der Waals surface area contributed by atoms with E-state index >= 15 is 0 Å². The lowest BCUT2D eigenvalue weighted by Gasteiger charge is -2.30. The topological polar surface area (TPSA) is 58.6 Å². The minimum absolute atomic E-state index is 0.151. The molecule has 0 aromatic heterocycles. The highest BCUT2D eigenvalue weighted by atomic mass is 19.1. The first kappa shape index (κ1) is 25.2. The lowest BCUT2D eigenvalue weighted by molar-refractivity contribution is -0.126. The van der Waals surface area contributed by atoms with Gasteiger partial charge in [-0.3, -0.25) is 9.59 Å². The summed E-state index contributed by atoms with van der Waals surface area (Å²) in [4.78, 5) is 28.9. The number of ether oxygens (including phenoxy) is 1. The molecule has 1 aliphatic heterocycles. The zero-order valence-electron chi connectivity index (χ0n) is 20.6. The van der Waals surface area contributed by atoms with Crippen molar-refractivity contribution in [3.8, 4) is 5.75 Å². The highest BCUT2D eigenvalue weighted by Crippen LogP contribution is 2.25. The van der Waals surface area contributed by atoms with Crippen molar-refractivity contribution < 1.29 is 18.7 Å². The number of amides is 2. The molecule has 1 heterocycles. The first-order valence-corrected chi connectivity index (χ1v) is 12.2. The van der Waals surface area contributed by atoms with Crippen LogP contribution in [-0.2, 0) is 11.2 Å². The SMILES string of the molecule is C[C@H]1C/C=C\C[C@@H](c2ccc(F)cc2)NC(=O)[C@H](Cc2ccccc2)N(C)C(=O)c2ccccc2O1.